The van der Waals surface area contributed by atoms with Crippen molar-refractivity contribution in [1.29, 1.82) is 0 Å². The second-order valence-electron chi connectivity index (χ2n) is 8.60. The monoisotopic (exact) mass is 392 g/mol. The number of benzene rings is 1. The van der Waals surface area contributed by atoms with Gasteiger partial charge in [0.25, 0.3) is 5.91 Å². The molecule has 8 heteroatoms. The molecule has 0 aliphatic carbocycles. The van der Waals surface area contributed by atoms with Gasteiger partial charge in [-0.3, -0.25) is 9.59 Å². The number of Topliss-reactive ketones (excluding diaryl/α,β-unsaturated/α-hetero) is 1. The summed E-state index contributed by atoms with van der Waals surface area (Å²) in [6.07, 6.45) is -1.52. The maximum absolute atomic E-state index is 12.3. The van der Waals surface area contributed by atoms with Crippen LogP contribution in [0.3, 0.4) is 0 Å². The average molecular weight is 392 g/mol. The van der Waals surface area contributed by atoms with E-state index in [-0.39, 0.29) is 30.4 Å². The molecule has 1 atom stereocenters. The maximum atomic E-state index is 12.3. The van der Waals surface area contributed by atoms with Crippen LogP contribution < -0.4 is 20.1 Å². The van der Waals surface area contributed by atoms with E-state index in [0.717, 1.165) is 0 Å². The molecule has 1 aromatic carbocycles. The summed E-state index contributed by atoms with van der Waals surface area (Å²) in [5.74, 6) is 0.199. The van der Waals surface area contributed by atoms with Gasteiger partial charge >= 0.3 is 6.09 Å². The first-order valence-electron chi connectivity index (χ1n) is 9.10. The van der Waals surface area contributed by atoms with Gasteiger partial charge in [-0.2, -0.15) is 0 Å². The molecule has 0 spiro atoms. The molecule has 1 heterocycles. The van der Waals surface area contributed by atoms with Gasteiger partial charge in [-0.1, -0.05) is 0 Å². The SMILES string of the molecule is CC(C)(C)NC(=O)c1ccc2c(c1)OCC(C(=O)CNC(=O)OC(C)(C)C)O2. The van der Waals surface area contributed by atoms with E-state index in [1.807, 2.05) is 20.8 Å². The summed E-state index contributed by atoms with van der Waals surface area (Å²) in [6, 6.07) is 4.78. The van der Waals surface area contributed by atoms with Crippen molar-refractivity contribution in [3.63, 3.8) is 0 Å². The molecule has 8 nitrogen and oxygen atoms in total. The van der Waals surface area contributed by atoms with Crippen LogP contribution >= 0.6 is 0 Å². The van der Waals surface area contributed by atoms with E-state index in [2.05, 4.69) is 10.6 Å². The fourth-order valence-corrected chi connectivity index (χ4v) is 2.37. The third-order valence-corrected chi connectivity index (χ3v) is 3.52. The number of amides is 2. The molecule has 0 saturated carbocycles. The van der Waals surface area contributed by atoms with Crippen molar-refractivity contribution < 1.29 is 28.6 Å². The Labute approximate surface area is 164 Å². The number of hydrogen-bond acceptors (Lipinski definition) is 6. The minimum absolute atomic E-state index is 0.00776. The number of hydrogen-bond donors (Lipinski definition) is 2. The molecule has 0 bridgehead atoms. The minimum atomic E-state index is -0.850. The maximum Gasteiger partial charge on any atom is 0.408 e. The van der Waals surface area contributed by atoms with Crippen molar-refractivity contribution in [2.75, 3.05) is 13.2 Å². The van der Waals surface area contributed by atoms with E-state index < -0.39 is 17.8 Å². The molecule has 0 saturated heterocycles. The fourth-order valence-electron chi connectivity index (χ4n) is 2.37. The Balaban J connectivity index is 1.94. The second kappa shape index (κ2) is 8.08. The molecule has 154 valence electrons. The molecule has 0 aromatic heterocycles. The van der Waals surface area contributed by atoms with E-state index in [0.29, 0.717) is 17.1 Å². The summed E-state index contributed by atoms with van der Waals surface area (Å²) >= 11 is 0. The van der Waals surface area contributed by atoms with Crippen LogP contribution in [-0.4, -0.2) is 48.2 Å². The van der Waals surface area contributed by atoms with Crippen LogP contribution in [0.15, 0.2) is 18.2 Å². The van der Waals surface area contributed by atoms with Gasteiger partial charge in [0, 0.05) is 11.1 Å². The number of fused-ring (bicyclic) bond motifs is 1. The molecule has 2 rings (SSSR count). The molecule has 1 unspecified atom stereocenters. The first-order valence-corrected chi connectivity index (χ1v) is 9.10. The lowest BCUT2D eigenvalue weighted by Gasteiger charge is -2.26. The van der Waals surface area contributed by atoms with Crippen molar-refractivity contribution in [3.05, 3.63) is 23.8 Å². The molecule has 0 radical (unpaired) electrons. The van der Waals surface area contributed by atoms with Crippen LogP contribution in [0, 0.1) is 0 Å². The third-order valence-electron chi connectivity index (χ3n) is 3.52. The van der Waals surface area contributed by atoms with Crippen LogP contribution in [-0.2, 0) is 9.53 Å². The van der Waals surface area contributed by atoms with E-state index in [4.69, 9.17) is 14.2 Å². The van der Waals surface area contributed by atoms with Crippen molar-refractivity contribution in [2.45, 2.75) is 58.8 Å². The Morgan fingerprint density at radius 2 is 1.79 bits per heavy atom. The highest BCUT2D eigenvalue weighted by atomic mass is 16.6. The topological polar surface area (TPSA) is 103 Å². The Bertz CT molecular complexity index is 761. The third kappa shape index (κ3) is 6.44. The van der Waals surface area contributed by atoms with Crippen LogP contribution in [0.25, 0.3) is 0 Å². The van der Waals surface area contributed by atoms with Gasteiger partial charge < -0.3 is 24.8 Å². The first-order chi connectivity index (χ1) is 12.8. The Morgan fingerprint density at radius 1 is 1.11 bits per heavy atom. The van der Waals surface area contributed by atoms with Crippen LogP contribution in [0.5, 0.6) is 11.5 Å². The average Bonchev–Trinajstić information content (AvgIpc) is 2.55. The highest BCUT2D eigenvalue weighted by Crippen LogP contribution is 2.32. The summed E-state index contributed by atoms with van der Waals surface area (Å²) in [5.41, 5.74) is -0.565. The predicted molar refractivity (Wildman–Crippen MR) is 103 cm³/mol. The number of ketones is 1. The van der Waals surface area contributed by atoms with Crippen molar-refractivity contribution in [2.24, 2.45) is 0 Å². The number of nitrogens with one attached hydrogen (secondary N) is 2. The Morgan fingerprint density at radius 3 is 2.39 bits per heavy atom. The molecule has 1 aliphatic rings. The Kier molecular flexibility index (Phi) is 6.21. The zero-order valence-electron chi connectivity index (χ0n) is 17.2. The molecule has 1 aliphatic heterocycles. The Hall–Kier alpha value is -2.77. The summed E-state index contributed by atoms with van der Waals surface area (Å²) < 4.78 is 16.3. The lowest BCUT2D eigenvalue weighted by molar-refractivity contribution is -0.127. The largest absolute Gasteiger partial charge is 0.485 e. The van der Waals surface area contributed by atoms with Gasteiger partial charge in [-0.25, -0.2) is 4.79 Å². The quantitative estimate of drug-likeness (QED) is 0.816. The lowest BCUT2D eigenvalue weighted by atomic mass is 10.1. The fraction of sp³-hybridized carbons (Fsp3) is 0.550. The van der Waals surface area contributed by atoms with Gasteiger partial charge in [0.1, 0.15) is 12.2 Å². The van der Waals surface area contributed by atoms with E-state index >= 15 is 0 Å². The molecule has 0 fully saturated rings. The van der Waals surface area contributed by atoms with Gasteiger partial charge in [-0.05, 0) is 59.7 Å². The number of carbonyl (C=O) groups is 3. The van der Waals surface area contributed by atoms with Crippen molar-refractivity contribution in [3.8, 4) is 11.5 Å². The van der Waals surface area contributed by atoms with E-state index in [9.17, 15) is 14.4 Å². The van der Waals surface area contributed by atoms with Crippen LogP contribution in [0.1, 0.15) is 51.9 Å². The van der Waals surface area contributed by atoms with Crippen molar-refractivity contribution >= 4 is 17.8 Å². The zero-order valence-corrected chi connectivity index (χ0v) is 17.2. The van der Waals surface area contributed by atoms with Crippen LogP contribution in [0.2, 0.25) is 0 Å². The summed E-state index contributed by atoms with van der Waals surface area (Å²) in [4.78, 5) is 36.2. The summed E-state index contributed by atoms with van der Waals surface area (Å²) in [5, 5.41) is 5.28. The normalized spacial score (nSPS) is 16.1. The summed E-state index contributed by atoms with van der Waals surface area (Å²) in [7, 11) is 0. The van der Waals surface area contributed by atoms with Gasteiger partial charge in [0.15, 0.2) is 23.4 Å². The van der Waals surface area contributed by atoms with E-state index in [1.165, 1.54) is 0 Å². The van der Waals surface area contributed by atoms with Crippen LogP contribution in [0.4, 0.5) is 4.79 Å². The predicted octanol–water partition coefficient (Wildman–Crippen LogP) is 2.45. The highest BCUT2D eigenvalue weighted by molar-refractivity contribution is 5.95. The minimum Gasteiger partial charge on any atom is -0.485 e. The second-order valence-corrected chi connectivity index (χ2v) is 8.60. The number of alkyl carbamates (subject to hydrolysis) is 1. The highest BCUT2D eigenvalue weighted by Gasteiger charge is 2.29. The smallest absolute Gasteiger partial charge is 0.408 e. The summed E-state index contributed by atoms with van der Waals surface area (Å²) in [6.45, 7) is 10.6. The molecule has 28 heavy (non-hydrogen) atoms. The molecular weight excluding hydrogens is 364 g/mol. The molecular formula is C20H28N2O6. The zero-order chi connectivity index (χ0) is 21.1. The molecule has 1 aromatic rings. The lowest BCUT2D eigenvalue weighted by Crippen LogP contribution is -2.44. The number of ether oxygens (including phenoxy) is 3. The van der Waals surface area contributed by atoms with Gasteiger partial charge in [-0.15, -0.1) is 0 Å². The standard InChI is InChI=1S/C20H28N2O6/c1-19(2,3)22-17(24)12-7-8-14-15(9-12)26-11-16(27-14)13(23)10-21-18(25)28-20(4,5)6/h7-9,16H,10-11H2,1-6H3,(H,21,25)(H,22,24). The van der Waals surface area contributed by atoms with Gasteiger partial charge in [0.05, 0.1) is 6.54 Å². The molecule has 2 N–H and O–H groups in total. The van der Waals surface area contributed by atoms with Gasteiger partial charge in [0.2, 0.25) is 0 Å². The first kappa shape index (κ1) is 21.5. The number of carbonyl (C=O) groups excluding carboxylic acids is 3. The number of rotatable bonds is 4. The van der Waals surface area contributed by atoms with Crippen molar-refractivity contribution in [1.82, 2.24) is 10.6 Å². The molecule has 2 amide bonds. The van der Waals surface area contributed by atoms with E-state index in [1.54, 1.807) is 39.0 Å².